The largest absolute Gasteiger partial charge is 0.507 e. The van der Waals surface area contributed by atoms with E-state index >= 15 is 0 Å². The fraction of sp³-hybridized carbons (Fsp3) is 0.167. The molecule has 1 aliphatic carbocycles. The summed E-state index contributed by atoms with van der Waals surface area (Å²) in [6.07, 6.45) is 1.76. The van der Waals surface area contributed by atoms with Crippen molar-refractivity contribution in [1.82, 2.24) is 15.3 Å². The van der Waals surface area contributed by atoms with Gasteiger partial charge >= 0.3 is 5.97 Å². The van der Waals surface area contributed by atoms with E-state index in [-0.39, 0.29) is 36.1 Å². The molecule has 0 saturated heterocycles. The summed E-state index contributed by atoms with van der Waals surface area (Å²) in [7, 11) is 0. The molecule has 0 aliphatic heterocycles. The van der Waals surface area contributed by atoms with Gasteiger partial charge in [0.05, 0.1) is 23.0 Å². The van der Waals surface area contributed by atoms with Gasteiger partial charge in [0, 0.05) is 23.1 Å². The summed E-state index contributed by atoms with van der Waals surface area (Å²) in [6.45, 7) is 0.163. The summed E-state index contributed by atoms with van der Waals surface area (Å²) in [5.41, 5.74) is 13.8. The number of rotatable bonds is 7. The fourth-order valence-electron chi connectivity index (χ4n) is 4.24. The average Bonchev–Trinajstić information content (AvgIpc) is 3.22. The number of aliphatic hydroxyl groups is 1. The summed E-state index contributed by atoms with van der Waals surface area (Å²) >= 11 is 4.96. The van der Waals surface area contributed by atoms with Gasteiger partial charge in [0.1, 0.15) is 17.4 Å². The first-order chi connectivity index (χ1) is 16.2. The molecule has 3 aromatic rings. The first kappa shape index (κ1) is 23.0. The molecule has 0 fully saturated rings. The van der Waals surface area contributed by atoms with E-state index in [1.165, 1.54) is 0 Å². The summed E-state index contributed by atoms with van der Waals surface area (Å²) in [5, 5.41) is 31.7. The van der Waals surface area contributed by atoms with E-state index in [9.17, 15) is 15.0 Å². The zero-order chi connectivity index (χ0) is 24.5. The quantitative estimate of drug-likeness (QED) is 0.155. The van der Waals surface area contributed by atoms with Crippen molar-refractivity contribution in [2.24, 2.45) is 16.9 Å². The molecule has 10 heteroatoms. The molecule has 4 rings (SSSR count). The maximum absolute atomic E-state index is 11.9. The van der Waals surface area contributed by atoms with Crippen LogP contribution in [0.25, 0.3) is 22.2 Å². The number of aromatic nitrogens is 2. The SMILES string of the molecule is N=C(N)c1ccc2[nH]c(C3=CC(CNC(N)=S)(CC(=O)O)CC(c4ccccc4)=C3O)nc2c1. The number of allylic oxidation sites excluding steroid dienone is 2. The first-order valence-electron chi connectivity index (χ1n) is 10.5. The van der Waals surface area contributed by atoms with Gasteiger partial charge in [-0.2, -0.15) is 0 Å². The van der Waals surface area contributed by atoms with Crippen LogP contribution >= 0.6 is 12.2 Å². The van der Waals surface area contributed by atoms with Crippen LogP contribution in [0.1, 0.15) is 29.8 Å². The lowest BCUT2D eigenvalue weighted by atomic mass is 9.71. The third-order valence-electron chi connectivity index (χ3n) is 5.81. The third-order valence-corrected chi connectivity index (χ3v) is 5.95. The second-order valence-corrected chi connectivity index (χ2v) is 8.75. The van der Waals surface area contributed by atoms with Crippen molar-refractivity contribution >= 4 is 51.3 Å². The van der Waals surface area contributed by atoms with Crippen LogP contribution < -0.4 is 16.8 Å². The minimum Gasteiger partial charge on any atom is -0.507 e. The van der Waals surface area contributed by atoms with E-state index in [0.29, 0.717) is 33.6 Å². The van der Waals surface area contributed by atoms with Crippen molar-refractivity contribution in [2.75, 3.05) is 6.54 Å². The number of hydrogen-bond donors (Lipinski definition) is 7. The summed E-state index contributed by atoms with van der Waals surface area (Å²) in [4.78, 5) is 19.7. The van der Waals surface area contributed by atoms with Crippen LogP contribution in [0.2, 0.25) is 0 Å². The highest BCUT2D eigenvalue weighted by molar-refractivity contribution is 7.80. The Labute approximate surface area is 200 Å². The summed E-state index contributed by atoms with van der Waals surface area (Å²) < 4.78 is 0. The Kier molecular flexibility index (Phi) is 6.08. The molecule has 1 heterocycles. The smallest absolute Gasteiger partial charge is 0.304 e. The number of fused-ring (bicyclic) bond motifs is 1. The number of amidine groups is 1. The van der Waals surface area contributed by atoms with Crippen molar-refractivity contribution in [3.63, 3.8) is 0 Å². The van der Waals surface area contributed by atoms with Crippen molar-refractivity contribution in [3.05, 3.63) is 77.3 Å². The number of nitrogens with one attached hydrogen (secondary N) is 3. The normalized spacial score (nSPS) is 17.9. The number of nitrogens with two attached hydrogens (primary N) is 2. The third kappa shape index (κ3) is 4.62. The Morgan fingerprint density at radius 2 is 1.97 bits per heavy atom. The minimum absolute atomic E-state index is 0.00777. The van der Waals surface area contributed by atoms with E-state index < -0.39 is 11.4 Å². The molecule has 9 nitrogen and oxygen atoms in total. The number of nitrogens with zero attached hydrogens (tertiary/aromatic N) is 1. The van der Waals surface area contributed by atoms with Crippen LogP contribution in [0.4, 0.5) is 0 Å². The van der Waals surface area contributed by atoms with E-state index in [1.54, 1.807) is 24.3 Å². The number of H-pyrrole nitrogens is 1. The number of imidazole rings is 1. The van der Waals surface area contributed by atoms with Gasteiger partial charge in [-0.1, -0.05) is 36.4 Å². The number of carboxylic acid groups (broad SMARTS) is 1. The zero-order valence-electron chi connectivity index (χ0n) is 18.1. The monoisotopic (exact) mass is 476 g/mol. The number of aliphatic carboxylic acids is 1. The molecule has 0 saturated carbocycles. The lowest BCUT2D eigenvalue weighted by molar-refractivity contribution is -0.138. The van der Waals surface area contributed by atoms with Gasteiger partial charge in [0.25, 0.3) is 0 Å². The highest BCUT2D eigenvalue weighted by Gasteiger charge is 2.38. The van der Waals surface area contributed by atoms with Gasteiger partial charge in [0.2, 0.25) is 0 Å². The van der Waals surface area contributed by atoms with Crippen LogP contribution in [0.3, 0.4) is 0 Å². The molecule has 0 amide bonds. The number of benzene rings is 2. The number of nitrogen functional groups attached to an aromatic ring is 1. The molecular weight excluding hydrogens is 452 g/mol. The summed E-state index contributed by atoms with van der Waals surface area (Å²) in [6, 6.07) is 14.4. The van der Waals surface area contributed by atoms with Crippen LogP contribution in [0, 0.1) is 10.8 Å². The molecule has 0 spiro atoms. The van der Waals surface area contributed by atoms with Crippen LogP contribution in [-0.4, -0.2) is 43.6 Å². The maximum Gasteiger partial charge on any atom is 0.304 e. The minimum atomic E-state index is -0.996. The maximum atomic E-state index is 11.9. The van der Waals surface area contributed by atoms with E-state index in [0.717, 1.165) is 5.56 Å². The molecule has 1 atom stereocenters. The topological polar surface area (TPSA) is 174 Å². The number of thiocarbonyl (C=S) groups is 1. The number of carboxylic acids is 1. The first-order valence-corrected chi connectivity index (χ1v) is 10.9. The molecule has 1 unspecified atom stereocenters. The Morgan fingerprint density at radius 3 is 2.62 bits per heavy atom. The van der Waals surface area contributed by atoms with Gasteiger partial charge in [-0.15, -0.1) is 0 Å². The second kappa shape index (κ2) is 8.99. The molecule has 2 aromatic carbocycles. The standard InChI is InChI=1S/C24H24N6O3S/c25-21(26)14-6-7-17-18(8-14)30-22(29-17)16-10-24(11-19(31)32,12-28-23(27)34)9-15(20(16)33)13-4-2-1-3-5-13/h1-8,10,33H,9,11-12H2,(H3,25,26)(H,29,30)(H,31,32)(H3,27,28,34). The van der Waals surface area contributed by atoms with E-state index in [2.05, 4.69) is 15.3 Å². The van der Waals surface area contributed by atoms with Gasteiger partial charge in [-0.05, 0) is 42.4 Å². The number of aliphatic hydroxyl groups excluding tert-OH is 1. The number of carbonyl (C=O) groups is 1. The predicted octanol–water partition coefficient (Wildman–Crippen LogP) is 2.90. The number of aromatic amines is 1. The van der Waals surface area contributed by atoms with Gasteiger partial charge in [0.15, 0.2) is 5.11 Å². The highest BCUT2D eigenvalue weighted by Crippen LogP contribution is 2.46. The van der Waals surface area contributed by atoms with Gasteiger partial charge < -0.3 is 32.0 Å². The van der Waals surface area contributed by atoms with Crippen molar-refractivity contribution < 1.29 is 15.0 Å². The Bertz CT molecular complexity index is 1360. The van der Waals surface area contributed by atoms with Crippen molar-refractivity contribution in [1.29, 1.82) is 5.41 Å². The van der Waals surface area contributed by atoms with E-state index in [1.807, 2.05) is 30.3 Å². The van der Waals surface area contributed by atoms with E-state index in [4.69, 9.17) is 29.1 Å². The van der Waals surface area contributed by atoms with Crippen LogP contribution in [0.15, 0.2) is 60.4 Å². The molecule has 1 aliphatic rings. The molecule has 1 aromatic heterocycles. The second-order valence-electron chi connectivity index (χ2n) is 8.31. The highest BCUT2D eigenvalue weighted by atomic mass is 32.1. The van der Waals surface area contributed by atoms with Crippen molar-refractivity contribution in [2.45, 2.75) is 12.8 Å². The Balaban J connectivity index is 1.90. The lowest BCUT2D eigenvalue weighted by Gasteiger charge is -2.35. The molecule has 34 heavy (non-hydrogen) atoms. The number of hydrogen-bond acceptors (Lipinski definition) is 5. The molecule has 0 radical (unpaired) electrons. The fourth-order valence-corrected chi connectivity index (χ4v) is 4.31. The Morgan fingerprint density at radius 1 is 1.24 bits per heavy atom. The zero-order valence-corrected chi connectivity index (χ0v) is 18.9. The van der Waals surface area contributed by atoms with Crippen molar-refractivity contribution in [3.8, 4) is 0 Å². The molecule has 0 bridgehead atoms. The average molecular weight is 477 g/mol. The predicted molar refractivity (Wildman–Crippen MR) is 135 cm³/mol. The van der Waals surface area contributed by atoms with Crippen LogP contribution in [0.5, 0.6) is 0 Å². The summed E-state index contributed by atoms with van der Waals surface area (Å²) in [5.74, 6) is -0.702. The molecule has 174 valence electrons. The van der Waals surface area contributed by atoms with Gasteiger partial charge in [-0.25, -0.2) is 4.98 Å². The lowest BCUT2D eigenvalue weighted by Crippen LogP contribution is -2.41. The molecule has 9 N–H and O–H groups in total. The molecular formula is C24H24N6O3S. The van der Waals surface area contributed by atoms with Gasteiger partial charge in [-0.3, -0.25) is 10.2 Å². The van der Waals surface area contributed by atoms with Crippen LogP contribution in [-0.2, 0) is 4.79 Å². The Hall–Kier alpha value is -4.18.